The van der Waals surface area contributed by atoms with E-state index < -0.39 is 5.82 Å². The van der Waals surface area contributed by atoms with E-state index in [0.717, 1.165) is 5.69 Å². The van der Waals surface area contributed by atoms with Crippen molar-refractivity contribution in [1.82, 2.24) is 0 Å². The maximum atomic E-state index is 13.2. The first-order valence-electron chi connectivity index (χ1n) is 5.51. The Labute approximate surface area is 109 Å². The highest BCUT2D eigenvalue weighted by molar-refractivity contribution is 6.31. The van der Waals surface area contributed by atoms with Gasteiger partial charge in [-0.15, -0.1) is 0 Å². The van der Waals surface area contributed by atoms with Gasteiger partial charge < -0.3 is 5.32 Å². The van der Waals surface area contributed by atoms with Crippen LogP contribution >= 0.6 is 11.6 Å². The summed E-state index contributed by atoms with van der Waals surface area (Å²) in [7, 11) is 0. The van der Waals surface area contributed by atoms with Gasteiger partial charge in [0, 0.05) is 12.2 Å². The first-order valence-corrected chi connectivity index (χ1v) is 5.88. The molecular formula is C14H12ClF2N. The molecule has 0 aliphatic carbocycles. The second kappa shape index (κ2) is 5.36. The molecule has 0 aliphatic rings. The van der Waals surface area contributed by atoms with Crippen molar-refractivity contribution in [2.45, 2.75) is 13.5 Å². The summed E-state index contributed by atoms with van der Waals surface area (Å²) in [5.74, 6) is -0.685. The number of nitrogens with one attached hydrogen (secondary N) is 1. The first kappa shape index (κ1) is 12.8. The van der Waals surface area contributed by atoms with Crippen molar-refractivity contribution in [3.63, 3.8) is 0 Å². The van der Waals surface area contributed by atoms with Crippen molar-refractivity contribution in [3.8, 4) is 0 Å². The molecule has 0 radical (unpaired) electrons. The molecule has 0 aromatic heterocycles. The number of halogens is 3. The van der Waals surface area contributed by atoms with Crippen LogP contribution in [-0.2, 0) is 6.54 Å². The van der Waals surface area contributed by atoms with E-state index in [9.17, 15) is 8.78 Å². The van der Waals surface area contributed by atoms with Crippen LogP contribution in [0.4, 0.5) is 14.5 Å². The van der Waals surface area contributed by atoms with Crippen molar-refractivity contribution in [2.75, 3.05) is 5.32 Å². The molecule has 4 heteroatoms. The molecular weight excluding hydrogens is 256 g/mol. The van der Waals surface area contributed by atoms with Gasteiger partial charge in [-0.2, -0.15) is 0 Å². The van der Waals surface area contributed by atoms with E-state index >= 15 is 0 Å². The minimum atomic E-state index is -0.439. The van der Waals surface area contributed by atoms with Gasteiger partial charge in [-0.25, -0.2) is 8.78 Å². The minimum Gasteiger partial charge on any atom is -0.381 e. The number of anilines is 1. The Balaban J connectivity index is 2.11. The third-order valence-electron chi connectivity index (χ3n) is 2.67. The van der Waals surface area contributed by atoms with Crippen molar-refractivity contribution in [2.24, 2.45) is 0 Å². The third-order valence-corrected chi connectivity index (χ3v) is 3.10. The normalized spacial score (nSPS) is 10.4. The average Bonchev–Trinajstić information content (AvgIpc) is 2.35. The number of hydrogen-bond acceptors (Lipinski definition) is 1. The van der Waals surface area contributed by atoms with Crippen LogP contribution in [0.3, 0.4) is 0 Å². The van der Waals surface area contributed by atoms with E-state index in [-0.39, 0.29) is 10.8 Å². The zero-order valence-electron chi connectivity index (χ0n) is 9.81. The Morgan fingerprint density at radius 3 is 2.61 bits per heavy atom. The van der Waals surface area contributed by atoms with Crippen molar-refractivity contribution >= 4 is 17.3 Å². The third kappa shape index (κ3) is 2.79. The Bertz CT molecular complexity index is 570. The Morgan fingerprint density at radius 1 is 1.11 bits per heavy atom. The molecule has 2 aromatic carbocycles. The van der Waals surface area contributed by atoms with Crippen LogP contribution in [0.15, 0.2) is 36.4 Å². The Morgan fingerprint density at radius 2 is 1.89 bits per heavy atom. The zero-order valence-corrected chi connectivity index (χ0v) is 10.6. The van der Waals surface area contributed by atoms with E-state index in [0.29, 0.717) is 17.7 Å². The summed E-state index contributed by atoms with van der Waals surface area (Å²) < 4.78 is 26.3. The van der Waals surface area contributed by atoms with Crippen LogP contribution in [0.2, 0.25) is 5.02 Å². The van der Waals surface area contributed by atoms with E-state index in [1.807, 2.05) is 0 Å². The van der Waals surface area contributed by atoms with Gasteiger partial charge in [0.25, 0.3) is 0 Å². The molecule has 0 fully saturated rings. The number of aryl methyl sites for hydroxylation is 1. The van der Waals surface area contributed by atoms with Crippen molar-refractivity contribution in [1.29, 1.82) is 0 Å². The second-order valence-corrected chi connectivity index (χ2v) is 4.41. The van der Waals surface area contributed by atoms with Crippen molar-refractivity contribution < 1.29 is 8.78 Å². The summed E-state index contributed by atoms with van der Waals surface area (Å²) in [5, 5.41) is 3.19. The fourth-order valence-corrected chi connectivity index (χ4v) is 1.83. The quantitative estimate of drug-likeness (QED) is 0.861. The molecule has 0 spiro atoms. The Kier molecular flexibility index (Phi) is 3.82. The van der Waals surface area contributed by atoms with Crippen LogP contribution < -0.4 is 5.32 Å². The molecule has 0 saturated carbocycles. The summed E-state index contributed by atoms with van der Waals surface area (Å²) in [6.45, 7) is 2.08. The van der Waals surface area contributed by atoms with Gasteiger partial charge in [-0.3, -0.25) is 0 Å². The lowest BCUT2D eigenvalue weighted by molar-refractivity contribution is 0.618. The molecule has 0 atom stereocenters. The van der Waals surface area contributed by atoms with Crippen LogP contribution in [0, 0.1) is 18.6 Å². The topological polar surface area (TPSA) is 12.0 Å². The molecule has 2 rings (SSSR count). The second-order valence-electron chi connectivity index (χ2n) is 4.03. The molecule has 0 aliphatic heterocycles. The maximum absolute atomic E-state index is 13.2. The fraction of sp³-hybridized carbons (Fsp3) is 0.143. The van der Waals surface area contributed by atoms with Crippen LogP contribution in [0.5, 0.6) is 0 Å². The van der Waals surface area contributed by atoms with E-state index in [1.165, 1.54) is 12.1 Å². The molecule has 18 heavy (non-hydrogen) atoms. The van der Waals surface area contributed by atoms with Crippen LogP contribution in [-0.4, -0.2) is 0 Å². The average molecular weight is 268 g/mol. The monoisotopic (exact) mass is 267 g/mol. The summed E-state index contributed by atoms with van der Waals surface area (Å²) in [6.07, 6.45) is 0. The van der Waals surface area contributed by atoms with Crippen LogP contribution in [0.25, 0.3) is 0 Å². The predicted molar refractivity (Wildman–Crippen MR) is 69.9 cm³/mol. The van der Waals surface area contributed by atoms with Gasteiger partial charge in [0.15, 0.2) is 0 Å². The van der Waals surface area contributed by atoms with Gasteiger partial charge in [0.2, 0.25) is 0 Å². The van der Waals surface area contributed by atoms with Gasteiger partial charge in [-0.1, -0.05) is 23.7 Å². The lowest BCUT2D eigenvalue weighted by Crippen LogP contribution is -2.01. The lowest BCUT2D eigenvalue weighted by Gasteiger charge is -2.09. The lowest BCUT2D eigenvalue weighted by atomic mass is 10.2. The molecule has 94 valence electrons. The van der Waals surface area contributed by atoms with E-state index in [4.69, 9.17) is 11.6 Å². The molecule has 1 N–H and O–H groups in total. The smallest absolute Gasteiger partial charge is 0.142 e. The number of hydrogen-bond donors (Lipinski definition) is 1. The first-order chi connectivity index (χ1) is 8.58. The summed E-state index contributed by atoms with van der Waals surface area (Å²) in [6, 6.07) is 9.39. The fourth-order valence-electron chi connectivity index (χ4n) is 1.64. The highest BCUT2D eigenvalue weighted by Crippen LogP contribution is 2.21. The number of rotatable bonds is 3. The molecule has 0 amide bonds. The van der Waals surface area contributed by atoms with E-state index in [1.54, 1.807) is 31.2 Å². The molecule has 0 heterocycles. The molecule has 1 nitrogen and oxygen atoms in total. The summed E-state index contributed by atoms with van der Waals surface area (Å²) in [5.41, 5.74) is 2.00. The van der Waals surface area contributed by atoms with Crippen molar-refractivity contribution in [3.05, 3.63) is 64.2 Å². The SMILES string of the molecule is Cc1cc(NCc2cccc(F)c2Cl)ccc1F. The summed E-state index contributed by atoms with van der Waals surface area (Å²) >= 11 is 5.84. The molecule has 0 bridgehead atoms. The number of benzene rings is 2. The van der Waals surface area contributed by atoms with Gasteiger partial charge in [-0.05, 0) is 42.3 Å². The van der Waals surface area contributed by atoms with E-state index in [2.05, 4.69) is 5.32 Å². The Hall–Kier alpha value is -1.61. The molecule has 2 aromatic rings. The van der Waals surface area contributed by atoms with Crippen LogP contribution in [0.1, 0.15) is 11.1 Å². The van der Waals surface area contributed by atoms with Gasteiger partial charge >= 0.3 is 0 Å². The van der Waals surface area contributed by atoms with Gasteiger partial charge in [0.05, 0.1) is 5.02 Å². The standard InChI is InChI=1S/C14H12ClF2N/c1-9-7-11(5-6-12(9)16)18-8-10-3-2-4-13(17)14(10)15/h2-7,18H,8H2,1H3. The molecule has 0 saturated heterocycles. The predicted octanol–water partition coefficient (Wildman–Crippen LogP) is 4.54. The zero-order chi connectivity index (χ0) is 13.1. The maximum Gasteiger partial charge on any atom is 0.142 e. The highest BCUT2D eigenvalue weighted by atomic mass is 35.5. The minimum absolute atomic E-state index is 0.115. The molecule has 0 unspecified atom stereocenters. The highest BCUT2D eigenvalue weighted by Gasteiger charge is 2.05. The summed E-state index contributed by atoms with van der Waals surface area (Å²) in [4.78, 5) is 0. The largest absolute Gasteiger partial charge is 0.381 e. The van der Waals surface area contributed by atoms with Gasteiger partial charge in [0.1, 0.15) is 11.6 Å².